The second kappa shape index (κ2) is 12.2. The summed E-state index contributed by atoms with van der Waals surface area (Å²) in [4.78, 5) is 40.2. The second-order valence-electron chi connectivity index (χ2n) is 9.25. The number of carbonyl (C=O) groups is 3. The number of hydrogen-bond donors (Lipinski definition) is 2. The van der Waals surface area contributed by atoms with Crippen molar-refractivity contribution in [3.8, 4) is 5.75 Å². The Morgan fingerprint density at radius 2 is 1.56 bits per heavy atom. The van der Waals surface area contributed by atoms with Gasteiger partial charge in [-0.3, -0.25) is 19.4 Å². The maximum absolute atomic E-state index is 11.0. The Morgan fingerprint density at radius 1 is 1.03 bits per heavy atom. The smallest absolute Gasteiger partial charge is 0.303 e. The summed E-state index contributed by atoms with van der Waals surface area (Å²) in [5.41, 5.74) is 5.39. The first-order valence-electron chi connectivity index (χ1n) is 10.5. The number of nitrogens with two attached hydrogens (primary N) is 1. The van der Waals surface area contributed by atoms with Gasteiger partial charge in [0, 0.05) is 19.6 Å². The van der Waals surface area contributed by atoms with Crippen molar-refractivity contribution in [1.29, 1.82) is 0 Å². The molecule has 0 radical (unpaired) electrons. The van der Waals surface area contributed by atoms with Crippen LogP contribution in [0.5, 0.6) is 5.75 Å². The number of aromatic hydroxyl groups is 1. The number of nitrogens with zero attached hydrogens (tertiary/aromatic N) is 2. The zero-order valence-electron chi connectivity index (χ0n) is 20.8. The van der Waals surface area contributed by atoms with Gasteiger partial charge in [0.15, 0.2) is 0 Å². The maximum Gasteiger partial charge on any atom is 0.303 e. The summed E-state index contributed by atoms with van der Waals surface area (Å²) >= 11 is 2.93. The molecule has 1 aliphatic rings. The van der Waals surface area contributed by atoms with Gasteiger partial charge in [-0.25, -0.2) is 4.98 Å². The van der Waals surface area contributed by atoms with Crippen LogP contribution in [0.2, 0.25) is 0 Å². The molecule has 0 fully saturated rings. The molecule has 2 aromatic rings. The van der Waals surface area contributed by atoms with E-state index < -0.39 is 11.9 Å². The number of primary amides is 1. The summed E-state index contributed by atoms with van der Waals surface area (Å²) in [5, 5.41) is 10.9. The first-order chi connectivity index (χ1) is 15.5. The van der Waals surface area contributed by atoms with E-state index >= 15 is 0 Å². The van der Waals surface area contributed by atoms with E-state index in [1.54, 1.807) is 18.2 Å². The van der Waals surface area contributed by atoms with Crippen LogP contribution in [0.25, 0.3) is 10.2 Å². The van der Waals surface area contributed by atoms with E-state index in [0.717, 1.165) is 20.3 Å². The summed E-state index contributed by atoms with van der Waals surface area (Å²) in [6, 6.07) is 4.57. The van der Waals surface area contributed by atoms with Gasteiger partial charge in [-0.1, -0.05) is 0 Å². The van der Waals surface area contributed by atoms with Gasteiger partial charge in [0.25, 0.3) is 0 Å². The topological polar surface area (TPSA) is 141 Å². The highest BCUT2D eigenvalue weighted by atomic mass is 32.2. The van der Waals surface area contributed by atoms with E-state index in [4.69, 9.17) is 15.2 Å². The third-order valence-electron chi connectivity index (χ3n) is 3.43. The number of thiazole rings is 1. The molecule has 9 nitrogen and oxygen atoms in total. The number of aromatic nitrogens is 1. The number of phenols is 1. The van der Waals surface area contributed by atoms with Crippen LogP contribution in [0.4, 0.5) is 0 Å². The minimum Gasteiger partial charge on any atom is -0.508 e. The number of benzene rings is 1. The van der Waals surface area contributed by atoms with Gasteiger partial charge >= 0.3 is 11.9 Å². The fourth-order valence-electron chi connectivity index (χ4n) is 2.50. The molecule has 188 valence electrons. The lowest BCUT2D eigenvalue weighted by molar-refractivity contribution is -0.153. The van der Waals surface area contributed by atoms with Crippen LogP contribution in [0.3, 0.4) is 0 Å². The van der Waals surface area contributed by atoms with E-state index in [1.807, 2.05) is 41.5 Å². The summed E-state index contributed by atoms with van der Waals surface area (Å²) in [7, 11) is 0. The van der Waals surface area contributed by atoms with Gasteiger partial charge < -0.3 is 20.3 Å². The number of rotatable bonds is 2. The zero-order chi connectivity index (χ0) is 26.3. The Balaban J connectivity index is 0.000000304. The van der Waals surface area contributed by atoms with Gasteiger partial charge in [-0.2, -0.15) is 0 Å². The van der Waals surface area contributed by atoms with Crippen molar-refractivity contribution in [3.05, 3.63) is 23.2 Å². The molecule has 1 unspecified atom stereocenters. The molecule has 1 aromatic carbocycles. The first kappa shape index (κ1) is 29.4. The maximum atomic E-state index is 11.0. The monoisotopic (exact) mass is 511 g/mol. The fourth-order valence-corrected chi connectivity index (χ4v) is 4.62. The second-order valence-corrected chi connectivity index (χ2v) is 11.3. The summed E-state index contributed by atoms with van der Waals surface area (Å²) in [5.74, 6) is -0.0637. The largest absolute Gasteiger partial charge is 0.508 e. The number of esters is 2. The molecule has 1 aromatic heterocycles. The minimum absolute atomic E-state index is 0.216. The highest BCUT2D eigenvalue weighted by Gasteiger charge is 2.25. The molecule has 1 aliphatic heterocycles. The molecular weight excluding hydrogens is 478 g/mol. The summed E-state index contributed by atoms with van der Waals surface area (Å²) in [6.07, 6.45) is 0. The molecule has 0 saturated heterocycles. The Morgan fingerprint density at radius 3 is 1.94 bits per heavy atom. The van der Waals surface area contributed by atoms with Gasteiger partial charge in [0.2, 0.25) is 5.91 Å². The third kappa shape index (κ3) is 11.5. The van der Waals surface area contributed by atoms with Gasteiger partial charge in [-0.05, 0) is 59.7 Å². The van der Waals surface area contributed by atoms with Crippen LogP contribution in [0, 0.1) is 0 Å². The number of hydrogen-bond acceptors (Lipinski definition) is 10. The Kier molecular flexibility index (Phi) is 10.5. The van der Waals surface area contributed by atoms with E-state index in [-0.39, 0.29) is 28.9 Å². The molecular formula is C23H33N3O6S2. The molecule has 34 heavy (non-hydrogen) atoms. The molecule has 11 heteroatoms. The van der Waals surface area contributed by atoms with E-state index in [9.17, 15) is 19.5 Å². The number of ether oxygens (including phenoxy) is 2. The van der Waals surface area contributed by atoms with Crippen LogP contribution in [0.15, 0.2) is 23.2 Å². The van der Waals surface area contributed by atoms with Gasteiger partial charge in [0.05, 0.1) is 10.2 Å². The normalized spacial score (nSPS) is 15.3. The van der Waals surface area contributed by atoms with Crippen molar-refractivity contribution in [2.24, 2.45) is 10.7 Å². The van der Waals surface area contributed by atoms with Crippen molar-refractivity contribution in [3.63, 3.8) is 0 Å². The van der Waals surface area contributed by atoms with Crippen LogP contribution >= 0.6 is 23.1 Å². The Labute approximate surface area is 208 Å². The number of aliphatic imine (C=N–C) groups is 1. The first-order valence-corrected chi connectivity index (χ1v) is 12.3. The van der Waals surface area contributed by atoms with Crippen molar-refractivity contribution < 1.29 is 29.0 Å². The molecule has 2 heterocycles. The molecule has 3 N–H and O–H groups in total. The molecule has 0 aliphatic carbocycles. The van der Waals surface area contributed by atoms with Crippen LogP contribution in [-0.2, 0) is 23.9 Å². The zero-order valence-corrected chi connectivity index (χ0v) is 22.4. The standard InChI is InChI=1S/C11H9N3O2S2.2C6H12O2/c12-9(16)7-4-17-10(14-7)11-13-6-2-1-5(15)3-8(6)18-11;2*1-5(7)8-6(2,3)4/h1-3,7,15H,4H2,(H2,12,16);2*1-4H3. The highest BCUT2D eigenvalue weighted by molar-refractivity contribution is 8.15. The average Bonchev–Trinajstić information content (AvgIpc) is 3.24. The van der Waals surface area contributed by atoms with E-state index in [2.05, 4.69) is 9.98 Å². The van der Waals surface area contributed by atoms with Gasteiger partial charge in [0.1, 0.15) is 33.0 Å². The summed E-state index contributed by atoms with van der Waals surface area (Å²) in [6.45, 7) is 13.9. The fraction of sp³-hybridized carbons (Fsp3) is 0.522. The predicted molar refractivity (Wildman–Crippen MR) is 136 cm³/mol. The van der Waals surface area contributed by atoms with Gasteiger partial charge in [-0.15, -0.1) is 23.1 Å². The Hall–Kier alpha value is -2.66. The quantitative estimate of drug-likeness (QED) is 0.575. The molecule has 0 spiro atoms. The Bertz CT molecular complexity index is 1030. The number of phenolic OH excluding ortho intramolecular Hbond substituents is 1. The molecule has 1 amide bonds. The lowest BCUT2D eigenvalue weighted by Crippen LogP contribution is -2.26. The van der Waals surface area contributed by atoms with Crippen molar-refractivity contribution in [2.45, 2.75) is 72.6 Å². The number of carbonyl (C=O) groups excluding carboxylic acids is 3. The van der Waals surface area contributed by atoms with E-state index in [1.165, 1.54) is 36.9 Å². The van der Waals surface area contributed by atoms with Crippen LogP contribution in [0.1, 0.15) is 60.4 Å². The number of thioether (sulfide) groups is 1. The molecule has 0 saturated carbocycles. The molecule has 1 atom stereocenters. The minimum atomic E-state index is -0.453. The third-order valence-corrected chi connectivity index (χ3v) is 5.64. The summed E-state index contributed by atoms with van der Waals surface area (Å²) < 4.78 is 10.5. The lowest BCUT2D eigenvalue weighted by atomic mass is 10.2. The van der Waals surface area contributed by atoms with Crippen LogP contribution in [-0.4, -0.2) is 56.0 Å². The molecule has 0 bridgehead atoms. The van der Waals surface area contributed by atoms with Crippen molar-refractivity contribution >= 4 is 56.2 Å². The van der Waals surface area contributed by atoms with E-state index in [0.29, 0.717) is 5.75 Å². The predicted octanol–water partition coefficient (Wildman–Crippen LogP) is 4.05. The SMILES string of the molecule is CC(=O)OC(C)(C)C.CC(=O)OC(C)(C)C.NC(=O)C1CSC(c2nc3ccc(O)cc3s2)=N1. The highest BCUT2D eigenvalue weighted by Crippen LogP contribution is 2.31. The number of amides is 1. The van der Waals surface area contributed by atoms with Crippen molar-refractivity contribution in [2.75, 3.05) is 5.75 Å². The number of fused-ring (bicyclic) bond motifs is 1. The lowest BCUT2D eigenvalue weighted by Gasteiger charge is -2.17. The molecule has 3 rings (SSSR count). The van der Waals surface area contributed by atoms with Crippen molar-refractivity contribution in [1.82, 2.24) is 4.98 Å². The van der Waals surface area contributed by atoms with Crippen LogP contribution < -0.4 is 5.73 Å². The average molecular weight is 512 g/mol.